The predicted octanol–water partition coefficient (Wildman–Crippen LogP) is 2.85. The Hall–Kier alpha value is -0.820. The zero-order chi connectivity index (χ0) is 9.97. The maximum absolute atomic E-state index is 3.29. The second kappa shape index (κ2) is 4.14. The molecule has 76 valence electrons. The van der Waals surface area contributed by atoms with Crippen molar-refractivity contribution < 1.29 is 0 Å². The van der Waals surface area contributed by atoms with Gasteiger partial charge in [-0.3, -0.25) is 0 Å². The Morgan fingerprint density at radius 1 is 1.14 bits per heavy atom. The van der Waals surface area contributed by atoms with Gasteiger partial charge >= 0.3 is 0 Å². The van der Waals surface area contributed by atoms with Gasteiger partial charge in [-0.2, -0.15) is 0 Å². The summed E-state index contributed by atoms with van der Waals surface area (Å²) in [5.41, 5.74) is 4.58. The quantitative estimate of drug-likeness (QED) is 0.754. The summed E-state index contributed by atoms with van der Waals surface area (Å²) >= 11 is 0. The van der Waals surface area contributed by atoms with E-state index in [1.807, 2.05) is 7.05 Å². The molecule has 0 amide bonds. The van der Waals surface area contributed by atoms with Gasteiger partial charge in [0.05, 0.1) is 0 Å². The van der Waals surface area contributed by atoms with Crippen LogP contribution in [0.15, 0.2) is 18.2 Å². The van der Waals surface area contributed by atoms with Crippen LogP contribution in [0.4, 0.5) is 0 Å². The number of hydrogen-bond acceptors (Lipinski definition) is 1. The van der Waals surface area contributed by atoms with E-state index in [2.05, 4.69) is 30.4 Å². The van der Waals surface area contributed by atoms with E-state index in [4.69, 9.17) is 0 Å². The van der Waals surface area contributed by atoms with Gasteiger partial charge in [0.15, 0.2) is 0 Å². The van der Waals surface area contributed by atoms with Crippen molar-refractivity contribution in [1.29, 1.82) is 0 Å². The van der Waals surface area contributed by atoms with Crippen molar-refractivity contribution in [2.45, 2.75) is 38.6 Å². The minimum Gasteiger partial charge on any atom is -0.313 e. The van der Waals surface area contributed by atoms with Crippen LogP contribution in [-0.2, 0) is 12.8 Å². The largest absolute Gasteiger partial charge is 0.313 e. The molecular formula is C13H19N. The highest BCUT2D eigenvalue weighted by molar-refractivity contribution is 5.34. The molecular weight excluding hydrogens is 170 g/mol. The van der Waals surface area contributed by atoms with E-state index in [1.165, 1.54) is 31.2 Å². The van der Waals surface area contributed by atoms with Crippen molar-refractivity contribution in [1.82, 2.24) is 5.32 Å². The van der Waals surface area contributed by atoms with Crippen molar-refractivity contribution in [3.05, 3.63) is 34.9 Å². The first-order valence-corrected chi connectivity index (χ1v) is 5.60. The second-order valence-electron chi connectivity index (χ2n) is 4.25. The van der Waals surface area contributed by atoms with E-state index in [0.717, 1.165) is 0 Å². The number of nitrogens with one attached hydrogen (secondary N) is 1. The van der Waals surface area contributed by atoms with Crippen molar-refractivity contribution in [3.63, 3.8) is 0 Å². The van der Waals surface area contributed by atoms with Crippen LogP contribution < -0.4 is 5.32 Å². The number of fused-ring (bicyclic) bond motifs is 1. The maximum atomic E-state index is 3.29. The minimum atomic E-state index is 0.474. The Morgan fingerprint density at radius 2 is 1.86 bits per heavy atom. The predicted molar refractivity (Wildman–Crippen MR) is 60.6 cm³/mol. The fourth-order valence-corrected chi connectivity index (χ4v) is 2.19. The molecule has 0 aromatic heterocycles. The highest BCUT2D eigenvalue weighted by atomic mass is 14.8. The van der Waals surface area contributed by atoms with E-state index in [-0.39, 0.29) is 0 Å². The van der Waals surface area contributed by atoms with Gasteiger partial charge in [0.25, 0.3) is 0 Å². The fourth-order valence-electron chi connectivity index (χ4n) is 2.19. The lowest BCUT2D eigenvalue weighted by Crippen LogP contribution is -2.13. The lowest BCUT2D eigenvalue weighted by molar-refractivity contribution is 0.643. The first-order chi connectivity index (χ1) is 6.81. The van der Waals surface area contributed by atoms with Crippen LogP contribution in [0.3, 0.4) is 0 Å². The standard InChI is InChI=1S/C13H19N/c1-10(14-2)12-8-7-11-5-3-4-6-13(11)9-12/h7-10,14H,3-6H2,1-2H3/t10-/m1/s1. The number of benzene rings is 1. The normalized spacial score (nSPS) is 17.6. The molecule has 14 heavy (non-hydrogen) atoms. The van der Waals surface area contributed by atoms with Crippen LogP contribution in [0.1, 0.15) is 42.5 Å². The average Bonchev–Trinajstić information content (AvgIpc) is 2.27. The molecule has 1 atom stereocenters. The van der Waals surface area contributed by atoms with Gasteiger partial charge in [-0.25, -0.2) is 0 Å². The van der Waals surface area contributed by atoms with Gasteiger partial charge in [-0.05, 0) is 56.3 Å². The Kier molecular flexibility index (Phi) is 2.87. The van der Waals surface area contributed by atoms with Gasteiger partial charge in [-0.15, -0.1) is 0 Å². The molecule has 0 unspecified atom stereocenters. The number of rotatable bonds is 2. The smallest absolute Gasteiger partial charge is 0.0289 e. The Labute approximate surface area is 86.5 Å². The van der Waals surface area contributed by atoms with Gasteiger partial charge in [0.2, 0.25) is 0 Å². The Balaban J connectivity index is 2.29. The molecule has 0 radical (unpaired) electrons. The summed E-state index contributed by atoms with van der Waals surface area (Å²) in [6.07, 6.45) is 5.29. The van der Waals surface area contributed by atoms with Gasteiger partial charge in [-0.1, -0.05) is 18.2 Å². The first kappa shape index (κ1) is 9.72. The summed E-state index contributed by atoms with van der Waals surface area (Å²) in [6.45, 7) is 2.21. The molecule has 1 aromatic carbocycles. The van der Waals surface area contributed by atoms with E-state index < -0.39 is 0 Å². The summed E-state index contributed by atoms with van der Waals surface area (Å²) in [6, 6.07) is 7.45. The lowest BCUT2D eigenvalue weighted by atomic mass is 9.89. The zero-order valence-electron chi connectivity index (χ0n) is 9.14. The van der Waals surface area contributed by atoms with E-state index in [1.54, 1.807) is 11.1 Å². The topological polar surface area (TPSA) is 12.0 Å². The van der Waals surface area contributed by atoms with Crippen LogP contribution in [0.2, 0.25) is 0 Å². The summed E-state index contributed by atoms with van der Waals surface area (Å²) in [5, 5.41) is 3.29. The number of aryl methyl sites for hydroxylation is 2. The fraction of sp³-hybridized carbons (Fsp3) is 0.538. The van der Waals surface area contributed by atoms with Gasteiger partial charge in [0, 0.05) is 6.04 Å². The highest BCUT2D eigenvalue weighted by Gasteiger charge is 2.11. The Bertz CT molecular complexity index is 317. The Morgan fingerprint density at radius 3 is 2.57 bits per heavy atom. The molecule has 1 aromatic rings. The molecule has 1 aliphatic carbocycles. The molecule has 0 spiro atoms. The summed E-state index contributed by atoms with van der Waals surface area (Å²) in [5.74, 6) is 0. The van der Waals surface area contributed by atoms with Crippen LogP contribution in [0, 0.1) is 0 Å². The van der Waals surface area contributed by atoms with Crippen LogP contribution >= 0.6 is 0 Å². The van der Waals surface area contributed by atoms with Crippen LogP contribution in [0.5, 0.6) is 0 Å². The summed E-state index contributed by atoms with van der Waals surface area (Å²) in [4.78, 5) is 0. The molecule has 1 nitrogen and oxygen atoms in total. The average molecular weight is 189 g/mol. The molecule has 1 aliphatic rings. The molecule has 1 heteroatoms. The van der Waals surface area contributed by atoms with Gasteiger partial charge < -0.3 is 5.32 Å². The molecule has 1 N–H and O–H groups in total. The first-order valence-electron chi connectivity index (χ1n) is 5.60. The van der Waals surface area contributed by atoms with Crippen LogP contribution in [0.25, 0.3) is 0 Å². The molecule has 0 saturated heterocycles. The van der Waals surface area contributed by atoms with Crippen molar-refractivity contribution >= 4 is 0 Å². The third kappa shape index (κ3) is 1.83. The highest BCUT2D eigenvalue weighted by Crippen LogP contribution is 2.24. The second-order valence-corrected chi connectivity index (χ2v) is 4.25. The monoisotopic (exact) mass is 189 g/mol. The molecule has 0 heterocycles. The van der Waals surface area contributed by atoms with E-state index in [9.17, 15) is 0 Å². The van der Waals surface area contributed by atoms with Crippen molar-refractivity contribution in [2.75, 3.05) is 7.05 Å². The summed E-state index contributed by atoms with van der Waals surface area (Å²) < 4.78 is 0. The molecule has 2 rings (SSSR count). The zero-order valence-corrected chi connectivity index (χ0v) is 9.14. The maximum Gasteiger partial charge on any atom is 0.0289 e. The third-order valence-corrected chi connectivity index (χ3v) is 3.31. The van der Waals surface area contributed by atoms with E-state index >= 15 is 0 Å². The van der Waals surface area contributed by atoms with Gasteiger partial charge in [0.1, 0.15) is 0 Å². The molecule has 0 fully saturated rings. The van der Waals surface area contributed by atoms with E-state index in [0.29, 0.717) is 6.04 Å². The summed E-state index contributed by atoms with van der Waals surface area (Å²) in [7, 11) is 2.02. The van der Waals surface area contributed by atoms with Crippen molar-refractivity contribution in [2.24, 2.45) is 0 Å². The molecule has 0 saturated carbocycles. The number of hydrogen-bond donors (Lipinski definition) is 1. The SMILES string of the molecule is CN[C@H](C)c1ccc2c(c1)CCCC2. The molecule has 0 aliphatic heterocycles. The minimum absolute atomic E-state index is 0.474. The van der Waals surface area contributed by atoms with Crippen LogP contribution in [-0.4, -0.2) is 7.05 Å². The van der Waals surface area contributed by atoms with Crippen molar-refractivity contribution in [3.8, 4) is 0 Å². The lowest BCUT2D eigenvalue weighted by Gasteiger charge is -2.18. The third-order valence-electron chi connectivity index (χ3n) is 3.31. The molecule has 0 bridgehead atoms.